The number of anilines is 1. The summed E-state index contributed by atoms with van der Waals surface area (Å²) in [4.78, 5) is 40.5. The number of carbonyl (C=O) groups excluding carboxylic acids is 2. The zero-order chi connectivity index (χ0) is 16.7. The van der Waals surface area contributed by atoms with Gasteiger partial charge in [0.2, 0.25) is 5.91 Å². The van der Waals surface area contributed by atoms with E-state index in [1.54, 1.807) is 37.3 Å². The third-order valence-corrected chi connectivity index (χ3v) is 3.64. The Hall–Kier alpha value is -2.61. The van der Waals surface area contributed by atoms with Gasteiger partial charge >= 0.3 is 11.7 Å². The lowest BCUT2D eigenvalue weighted by Crippen LogP contribution is -2.15. The zero-order valence-electron chi connectivity index (χ0n) is 12.4. The van der Waals surface area contributed by atoms with Gasteiger partial charge in [-0.2, -0.15) is 0 Å². The van der Waals surface area contributed by atoms with Gasteiger partial charge in [-0.05, 0) is 37.3 Å². The predicted octanol–water partition coefficient (Wildman–Crippen LogP) is 1.68. The minimum Gasteiger partial charge on any atom is -0.462 e. The van der Waals surface area contributed by atoms with Crippen LogP contribution in [0.2, 0.25) is 0 Å². The van der Waals surface area contributed by atoms with Crippen LogP contribution < -0.4 is 11.0 Å². The monoisotopic (exact) mass is 333 g/mol. The number of H-pyrrole nitrogens is 1. The van der Waals surface area contributed by atoms with E-state index in [1.807, 2.05) is 0 Å². The van der Waals surface area contributed by atoms with E-state index in [0.717, 1.165) is 0 Å². The molecule has 0 atom stereocenters. The minimum absolute atomic E-state index is 0.138. The van der Waals surface area contributed by atoms with Gasteiger partial charge in [0.15, 0.2) is 0 Å². The van der Waals surface area contributed by atoms with Crippen LogP contribution in [0.1, 0.15) is 17.3 Å². The molecule has 0 aliphatic heterocycles. The van der Waals surface area contributed by atoms with Gasteiger partial charge in [-0.3, -0.25) is 4.79 Å². The Kier molecular flexibility index (Phi) is 5.93. The first-order valence-corrected chi connectivity index (χ1v) is 7.82. The Balaban J connectivity index is 1.87. The molecule has 2 rings (SSSR count). The third-order valence-electron chi connectivity index (χ3n) is 2.69. The van der Waals surface area contributed by atoms with E-state index in [9.17, 15) is 14.4 Å². The summed E-state index contributed by atoms with van der Waals surface area (Å²) in [6.07, 6.45) is 1.38. The number of ether oxygens (including phenoxy) is 1. The van der Waals surface area contributed by atoms with Gasteiger partial charge in [0, 0.05) is 11.9 Å². The van der Waals surface area contributed by atoms with E-state index >= 15 is 0 Å². The lowest BCUT2D eigenvalue weighted by molar-refractivity contribution is -0.113. The molecule has 1 aromatic carbocycles. The molecular weight excluding hydrogens is 318 g/mol. The van der Waals surface area contributed by atoms with Crippen LogP contribution in [0.5, 0.6) is 0 Å². The number of benzene rings is 1. The largest absolute Gasteiger partial charge is 0.462 e. The molecule has 0 saturated heterocycles. The summed E-state index contributed by atoms with van der Waals surface area (Å²) in [5.74, 6) is -0.487. The molecule has 0 bridgehead atoms. The first kappa shape index (κ1) is 16.8. The Morgan fingerprint density at radius 3 is 2.65 bits per heavy atom. The van der Waals surface area contributed by atoms with Crippen molar-refractivity contribution in [2.45, 2.75) is 11.9 Å². The topological polar surface area (TPSA) is 101 Å². The second kappa shape index (κ2) is 8.14. The van der Waals surface area contributed by atoms with E-state index < -0.39 is 11.7 Å². The van der Waals surface area contributed by atoms with Crippen LogP contribution in [0.3, 0.4) is 0 Å². The van der Waals surface area contributed by atoms with E-state index in [1.165, 1.54) is 18.0 Å². The summed E-state index contributed by atoms with van der Waals surface area (Å²) in [7, 11) is 0. The molecule has 2 N–H and O–H groups in total. The van der Waals surface area contributed by atoms with E-state index in [-0.39, 0.29) is 11.7 Å². The average Bonchev–Trinajstić information content (AvgIpc) is 2.54. The SMILES string of the molecule is CCOC(=O)c1ccc(NC(=O)CSc2ccnc(=O)[nH]2)cc1. The average molecular weight is 333 g/mol. The Labute approximate surface area is 136 Å². The van der Waals surface area contributed by atoms with Crippen LogP contribution >= 0.6 is 11.8 Å². The van der Waals surface area contributed by atoms with Crippen molar-refractivity contribution >= 4 is 29.3 Å². The number of aromatic nitrogens is 2. The highest BCUT2D eigenvalue weighted by Gasteiger charge is 2.08. The lowest BCUT2D eigenvalue weighted by Gasteiger charge is -2.06. The van der Waals surface area contributed by atoms with Crippen molar-refractivity contribution in [3.63, 3.8) is 0 Å². The molecule has 2 aromatic rings. The summed E-state index contributed by atoms with van der Waals surface area (Å²) in [5, 5.41) is 3.27. The van der Waals surface area contributed by atoms with Crippen molar-refractivity contribution in [2.24, 2.45) is 0 Å². The Bertz CT molecular complexity index is 743. The lowest BCUT2D eigenvalue weighted by atomic mass is 10.2. The number of nitrogens with zero attached hydrogens (tertiary/aromatic N) is 1. The first-order valence-electron chi connectivity index (χ1n) is 6.83. The maximum Gasteiger partial charge on any atom is 0.345 e. The summed E-state index contributed by atoms with van der Waals surface area (Å²) < 4.78 is 4.88. The summed E-state index contributed by atoms with van der Waals surface area (Å²) in [5.41, 5.74) is 0.547. The standard InChI is InChI=1S/C15H15N3O4S/c1-2-22-14(20)10-3-5-11(6-4-10)17-12(19)9-23-13-7-8-16-15(21)18-13/h3-8H,2,9H2,1H3,(H,17,19)(H,16,18,21). The minimum atomic E-state index is -0.454. The Morgan fingerprint density at radius 1 is 1.26 bits per heavy atom. The van der Waals surface area contributed by atoms with Crippen LogP contribution in [-0.2, 0) is 9.53 Å². The van der Waals surface area contributed by atoms with Crippen LogP contribution in [0.4, 0.5) is 5.69 Å². The number of hydrogen-bond donors (Lipinski definition) is 2. The van der Waals surface area contributed by atoms with Gasteiger partial charge in [-0.1, -0.05) is 11.8 Å². The van der Waals surface area contributed by atoms with E-state index in [2.05, 4.69) is 15.3 Å². The third kappa shape index (κ3) is 5.26. The molecule has 1 aromatic heterocycles. The number of aromatic amines is 1. The van der Waals surface area contributed by atoms with Gasteiger partial charge in [-0.25, -0.2) is 14.6 Å². The highest BCUT2D eigenvalue weighted by atomic mass is 32.2. The van der Waals surface area contributed by atoms with Gasteiger partial charge in [-0.15, -0.1) is 0 Å². The summed E-state index contributed by atoms with van der Waals surface area (Å²) >= 11 is 1.19. The van der Waals surface area contributed by atoms with Crippen LogP contribution in [0.15, 0.2) is 46.3 Å². The van der Waals surface area contributed by atoms with E-state index in [0.29, 0.717) is 22.9 Å². The molecule has 23 heavy (non-hydrogen) atoms. The molecule has 0 aliphatic carbocycles. The highest BCUT2D eigenvalue weighted by Crippen LogP contribution is 2.14. The van der Waals surface area contributed by atoms with Crippen LogP contribution in [0, 0.1) is 0 Å². The predicted molar refractivity (Wildman–Crippen MR) is 86.6 cm³/mol. The van der Waals surface area contributed by atoms with Crippen LogP contribution in [-0.4, -0.2) is 34.2 Å². The fourth-order valence-electron chi connectivity index (χ4n) is 1.68. The van der Waals surface area contributed by atoms with Gasteiger partial charge in [0.1, 0.15) is 0 Å². The smallest absolute Gasteiger partial charge is 0.345 e. The van der Waals surface area contributed by atoms with Crippen molar-refractivity contribution in [1.82, 2.24) is 9.97 Å². The number of hydrogen-bond acceptors (Lipinski definition) is 6. The molecule has 1 heterocycles. The van der Waals surface area contributed by atoms with E-state index in [4.69, 9.17) is 4.74 Å². The van der Waals surface area contributed by atoms with Crippen molar-refractivity contribution in [3.05, 3.63) is 52.6 Å². The first-order chi connectivity index (χ1) is 11.1. The van der Waals surface area contributed by atoms with Crippen molar-refractivity contribution in [1.29, 1.82) is 0 Å². The number of thioether (sulfide) groups is 1. The summed E-state index contributed by atoms with van der Waals surface area (Å²) in [6.45, 7) is 2.05. The molecule has 0 spiro atoms. The summed E-state index contributed by atoms with van der Waals surface area (Å²) in [6, 6.07) is 8.04. The number of esters is 1. The molecule has 0 aliphatic rings. The Morgan fingerprint density at radius 2 is 2.00 bits per heavy atom. The number of amides is 1. The molecule has 0 radical (unpaired) electrons. The number of carbonyl (C=O) groups is 2. The molecule has 1 amide bonds. The molecule has 0 saturated carbocycles. The molecule has 120 valence electrons. The maximum absolute atomic E-state index is 11.9. The second-order valence-electron chi connectivity index (χ2n) is 4.37. The number of rotatable bonds is 6. The maximum atomic E-state index is 11.9. The fraction of sp³-hybridized carbons (Fsp3) is 0.200. The number of nitrogens with one attached hydrogen (secondary N) is 2. The van der Waals surface area contributed by atoms with Gasteiger partial charge in [0.25, 0.3) is 0 Å². The molecule has 7 nitrogen and oxygen atoms in total. The molecular formula is C15H15N3O4S. The normalized spacial score (nSPS) is 10.1. The molecule has 8 heteroatoms. The highest BCUT2D eigenvalue weighted by molar-refractivity contribution is 7.99. The fourth-order valence-corrected chi connectivity index (χ4v) is 2.36. The second-order valence-corrected chi connectivity index (χ2v) is 5.39. The zero-order valence-corrected chi connectivity index (χ0v) is 13.2. The van der Waals surface area contributed by atoms with Crippen molar-refractivity contribution < 1.29 is 14.3 Å². The van der Waals surface area contributed by atoms with Gasteiger partial charge in [0.05, 0.1) is 22.9 Å². The molecule has 0 unspecified atom stereocenters. The quantitative estimate of drug-likeness (QED) is 0.474. The van der Waals surface area contributed by atoms with Crippen LogP contribution in [0.25, 0.3) is 0 Å². The molecule has 0 fully saturated rings. The van der Waals surface area contributed by atoms with Crippen molar-refractivity contribution in [3.8, 4) is 0 Å². The van der Waals surface area contributed by atoms with Crippen molar-refractivity contribution in [2.75, 3.05) is 17.7 Å². The van der Waals surface area contributed by atoms with Gasteiger partial charge < -0.3 is 15.0 Å².